The second kappa shape index (κ2) is 39.8. The van der Waals surface area contributed by atoms with Gasteiger partial charge in [0, 0.05) is 55.2 Å². The first-order valence-corrected chi connectivity index (χ1v) is 36.0. The number of aliphatic carboxylic acids is 1. The van der Waals surface area contributed by atoms with Gasteiger partial charge in [0.15, 0.2) is 0 Å². The first-order valence-electron chi connectivity index (χ1n) is 33.7. The molecule has 0 radical (unpaired) electrons. The number of phenolic OH excluding ortho intramolecular Hbond substituents is 2. The van der Waals surface area contributed by atoms with Gasteiger partial charge in [0.1, 0.15) is 78.0 Å². The number of carboxylic acid groups (broad SMARTS) is 1. The fourth-order valence-corrected chi connectivity index (χ4v) is 13.1. The average Bonchev–Trinajstić information content (AvgIpc) is 0.946. The van der Waals surface area contributed by atoms with Crippen LogP contribution in [-0.4, -0.2) is 204 Å². The predicted octanol–water partition coefficient (Wildman–Crippen LogP) is 0.0702. The minimum Gasteiger partial charge on any atom is -0.508 e. The third-order valence-electron chi connectivity index (χ3n) is 16.8. The summed E-state index contributed by atoms with van der Waals surface area (Å²) in [6.45, 7) is 12.2. The summed E-state index contributed by atoms with van der Waals surface area (Å²) in [5.41, 5.74) is 7.47. The number of carbonyl (C=O) groups excluding carboxylic acids is 12. The minimum atomic E-state index is -1.73. The monoisotopic (exact) mass is 1450 g/mol. The second-order valence-corrected chi connectivity index (χ2v) is 28.5. The van der Waals surface area contributed by atoms with Crippen LogP contribution in [0.3, 0.4) is 0 Å². The molecule has 30 nitrogen and oxygen atoms in total. The molecule has 17 N–H and O–H groups in total. The number of hydrogen-bond donors (Lipinski definition) is 16. The number of aliphatic hydroxyl groups excluding tert-OH is 2. The molecular formula is C69H98N12O18S2. The van der Waals surface area contributed by atoms with E-state index in [9.17, 15) is 87.9 Å². The number of amides is 12. The molecule has 2 aliphatic heterocycles. The van der Waals surface area contributed by atoms with Crippen molar-refractivity contribution in [1.29, 1.82) is 0 Å². The van der Waals surface area contributed by atoms with Crippen LogP contribution in [0, 0.1) is 5.41 Å². The third-order valence-corrected chi connectivity index (χ3v) is 18.9. The highest BCUT2D eigenvalue weighted by molar-refractivity contribution is 7.98. The van der Waals surface area contributed by atoms with Gasteiger partial charge in [-0.25, -0.2) is 0 Å². The highest BCUT2D eigenvalue weighted by atomic mass is 32.2. The van der Waals surface area contributed by atoms with Gasteiger partial charge in [-0.3, -0.25) is 62.3 Å². The molecule has 1 fully saturated rings. The fraction of sp³-hybridized carbons (Fsp3) is 0.551. The number of rotatable bonds is 14. The zero-order valence-corrected chi connectivity index (χ0v) is 59.8. The third kappa shape index (κ3) is 26.5. The van der Waals surface area contributed by atoms with Gasteiger partial charge in [0.05, 0.1) is 12.2 Å². The van der Waals surface area contributed by atoms with Crippen molar-refractivity contribution in [2.45, 2.75) is 216 Å². The van der Waals surface area contributed by atoms with Crippen molar-refractivity contribution in [3.8, 4) is 11.5 Å². The molecule has 12 amide bonds. The molecule has 13 atom stereocenters. The van der Waals surface area contributed by atoms with E-state index in [2.05, 4.69) is 53.2 Å². The molecule has 554 valence electrons. The first-order chi connectivity index (χ1) is 47.7. The number of carbonyl (C=O) groups is 13. The molecule has 5 rings (SSSR count). The second-order valence-electron chi connectivity index (χ2n) is 26.4. The molecule has 0 aromatic heterocycles. The summed E-state index contributed by atoms with van der Waals surface area (Å²) in [4.78, 5) is 183. The predicted molar refractivity (Wildman–Crippen MR) is 375 cm³/mol. The number of hydrogen-bond acceptors (Lipinski definition) is 19. The number of fused-ring (bicyclic) bond motifs is 3. The van der Waals surface area contributed by atoms with Crippen LogP contribution < -0.4 is 58.9 Å². The van der Waals surface area contributed by atoms with E-state index in [-0.39, 0.29) is 75.2 Å². The quantitative estimate of drug-likeness (QED) is 0.102. The molecule has 0 spiro atoms. The fourth-order valence-electron chi connectivity index (χ4n) is 11.2. The van der Waals surface area contributed by atoms with Crippen molar-refractivity contribution in [2.24, 2.45) is 11.1 Å². The van der Waals surface area contributed by atoms with Crippen LogP contribution in [0.4, 0.5) is 0 Å². The lowest BCUT2D eigenvalue weighted by Crippen LogP contribution is -2.62. The van der Waals surface area contributed by atoms with Crippen LogP contribution in [0.2, 0.25) is 0 Å². The van der Waals surface area contributed by atoms with E-state index in [0.29, 0.717) is 34.8 Å². The maximum Gasteiger partial charge on any atom is 0.303 e. The molecule has 2 heterocycles. The lowest BCUT2D eigenvalue weighted by molar-refractivity contribution is -0.143. The average molecular weight is 1450 g/mol. The van der Waals surface area contributed by atoms with Crippen LogP contribution in [-0.2, 0) is 86.7 Å². The Morgan fingerprint density at radius 1 is 0.574 bits per heavy atom. The van der Waals surface area contributed by atoms with Gasteiger partial charge in [-0.2, -0.15) is 23.5 Å². The van der Waals surface area contributed by atoms with E-state index in [1.54, 1.807) is 46.8 Å². The van der Waals surface area contributed by atoms with Crippen LogP contribution >= 0.6 is 23.5 Å². The number of nitrogens with two attached hydrogens (primary N) is 1. The van der Waals surface area contributed by atoms with E-state index < -0.39 is 174 Å². The van der Waals surface area contributed by atoms with Gasteiger partial charge >= 0.3 is 5.97 Å². The van der Waals surface area contributed by atoms with Crippen molar-refractivity contribution in [2.75, 3.05) is 18.1 Å². The zero-order valence-electron chi connectivity index (χ0n) is 58.1. The molecule has 2 aliphatic rings. The zero-order chi connectivity index (χ0) is 74.8. The molecular weight excluding hydrogens is 1350 g/mol. The summed E-state index contributed by atoms with van der Waals surface area (Å²) >= 11 is 2.70. The van der Waals surface area contributed by atoms with E-state index in [1.807, 2.05) is 24.3 Å². The SMILES string of the molecule is CCC[C@@H]1NC(=O)[C@H](C)NC(=O)[C@H]([C@@H](C)O)NC(=O)[C@@H]2CCCN2C(=O)[C@H](Cc2ccc(O)cc2)NC(=O)[C@H](C(C)(C)C)NC(=O)CCSCc2cccc(c2)CSC[C@@H](C(N)=O)NC(=O)[C@H]([C@@H](C)O)NC(=O)[C@H](CCC)NC(=O)[C@H](Cc2ccc(O)cc2)NC(=O)[C@H](CCC(=O)O)NC1=O. The molecule has 0 saturated carbocycles. The Bertz CT molecular complexity index is 3390. The molecule has 32 heteroatoms. The number of primary amides is 1. The van der Waals surface area contributed by atoms with E-state index >= 15 is 0 Å². The topological polar surface area (TPSA) is 473 Å². The molecule has 3 aromatic rings. The van der Waals surface area contributed by atoms with E-state index in [0.717, 1.165) is 11.1 Å². The summed E-state index contributed by atoms with van der Waals surface area (Å²) in [6, 6.07) is 2.74. The number of nitrogens with zero attached hydrogens (tertiary/aromatic N) is 1. The van der Waals surface area contributed by atoms with Crippen molar-refractivity contribution in [3.05, 3.63) is 95.1 Å². The molecule has 3 aromatic carbocycles. The lowest BCUT2D eigenvalue weighted by atomic mass is 9.85. The Balaban J connectivity index is 1.48. The van der Waals surface area contributed by atoms with Crippen molar-refractivity contribution < 1.29 is 87.9 Å². The largest absolute Gasteiger partial charge is 0.508 e. The van der Waals surface area contributed by atoms with Crippen molar-refractivity contribution in [1.82, 2.24) is 58.1 Å². The van der Waals surface area contributed by atoms with Crippen molar-refractivity contribution >= 4 is 100 Å². The smallest absolute Gasteiger partial charge is 0.303 e. The van der Waals surface area contributed by atoms with Gasteiger partial charge < -0.3 is 89.3 Å². The lowest BCUT2D eigenvalue weighted by Gasteiger charge is -2.34. The summed E-state index contributed by atoms with van der Waals surface area (Å²) in [7, 11) is 0. The van der Waals surface area contributed by atoms with Crippen LogP contribution in [0.1, 0.15) is 135 Å². The van der Waals surface area contributed by atoms with Crippen LogP contribution in [0.5, 0.6) is 11.5 Å². The minimum absolute atomic E-state index is 0.00453. The summed E-state index contributed by atoms with van der Waals surface area (Å²) in [6.07, 6.45) is -4.09. The maximum absolute atomic E-state index is 14.8. The number of benzene rings is 3. The highest BCUT2D eigenvalue weighted by Crippen LogP contribution is 2.25. The van der Waals surface area contributed by atoms with Crippen LogP contribution in [0.15, 0.2) is 72.8 Å². The number of carboxylic acids is 1. The highest BCUT2D eigenvalue weighted by Gasteiger charge is 2.43. The van der Waals surface area contributed by atoms with Gasteiger partial charge in [-0.05, 0) is 105 Å². The summed E-state index contributed by atoms with van der Waals surface area (Å²) in [5, 5.41) is 77.5. The van der Waals surface area contributed by atoms with Crippen molar-refractivity contribution in [3.63, 3.8) is 0 Å². The first kappa shape index (κ1) is 82.7. The summed E-state index contributed by atoms with van der Waals surface area (Å²) in [5.74, 6) is -11.1. The molecule has 2 bridgehead atoms. The van der Waals surface area contributed by atoms with Crippen LogP contribution in [0.25, 0.3) is 0 Å². The number of nitrogens with one attached hydrogen (secondary N) is 10. The normalized spacial score (nSPS) is 25.5. The number of thioether (sulfide) groups is 2. The Hall–Kier alpha value is -9.01. The van der Waals surface area contributed by atoms with Gasteiger partial charge in [-0.15, -0.1) is 0 Å². The summed E-state index contributed by atoms with van der Waals surface area (Å²) < 4.78 is 0. The number of phenols is 2. The standard InChI is InChI=1S/C69H98N12O18S2/c1-9-13-46-60(91)74-48(26-27-54(87)88)61(92)75-49(32-40-18-22-44(84)23-19-40)63(94)73-47(14-10-2)62(93)79-56(39(5)83)66(97)77-51(58(70)89)36-101-35-43-16-11-15-42(31-43)34-100-30-28-53(86)78-57(69(6,7)8)67(98)76-50(33-41-20-24-45(85)25-21-41)68(99)81-29-12-17-52(81)64(95)80-55(38(4)82)65(96)71-37(3)59(90)72-46/h11,15-16,18-25,31,37-39,46-52,55-57,82-85H,9-10,12-14,17,26-30,32-36H2,1-8H3,(H2,70,89)(H,71,96)(H,72,90)(H,73,94)(H,74,91)(H,75,92)(H,76,98)(H,77,97)(H,78,86)(H,79,93)(H,80,95)(H,87,88)/t37-,38+,39+,46-,47-,48-,49-,50-,51-,52-,55-,56-,57+/m0/s1. The Morgan fingerprint density at radius 3 is 1.55 bits per heavy atom. The van der Waals surface area contributed by atoms with E-state index in [1.165, 1.54) is 85.6 Å². The molecule has 0 aliphatic carbocycles. The van der Waals surface area contributed by atoms with E-state index in [4.69, 9.17) is 5.73 Å². The molecule has 101 heavy (non-hydrogen) atoms. The number of aliphatic hydroxyl groups is 2. The Morgan fingerprint density at radius 2 is 1.04 bits per heavy atom. The Kier molecular flexibility index (Phi) is 32.6. The van der Waals surface area contributed by atoms with Gasteiger partial charge in [0.2, 0.25) is 70.9 Å². The maximum atomic E-state index is 14.8. The van der Waals surface area contributed by atoms with Gasteiger partial charge in [-0.1, -0.05) is 96.0 Å². The molecule has 0 unspecified atom stereocenters. The van der Waals surface area contributed by atoms with Gasteiger partial charge in [0.25, 0.3) is 0 Å². The Labute approximate surface area is 595 Å². The number of aromatic hydroxyl groups is 2. The molecule has 1 saturated heterocycles.